The number of alkyl halides is 3. The van der Waals surface area contributed by atoms with Crippen molar-refractivity contribution in [1.82, 2.24) is 0 Å². The molecule has 0 aromatic heterocycles. The van der Waals surface area contributed by atoms with Crippen LogP contribution in [0.1, 0.15) is 19.8 Å². The van der Waals surface area contributed by atoms with Gasteiger partial charge in [-0.3, -0.25) is 0 Å². The molecule has 0 heterocycles. The first-order chi connectivity index (χ1) is 10.4. The maximum atomic E-state index is 12.8. The molecular formula is C17H35F3OSi3. The molecule has 1 atom stereocenters. The molecule has 0 bridgehead atoms. The fraction of sp³-hybridized carbons (Fsp3) is 0.765. The van der Waals surface area contributed by atoms with Gasteiger partial charge in [-0.2, -0.15) is 13.2 Å². The predicted octanol–water partition coefficient (Wildman–Crippen LogP) is 6.92. The highest BCUT2D eigenvalue weighted by molar-refractivity contribution is 6.87. The van der Waals surface area contributed by atoms with Crippen LogP contribution in [0.3, 0.4) is 0 Å². The summed E-state index contributed by atoms with van der Waals surface area (Å²) in [6.07, 6.45) is -4.67. The largest absolute Gasteiger partial charge is 0.453 e. The van der Waals surface area contributed by atoms with Crippen molar-refractivity contribution < 1.29 is 17.3 Å². The lowest BCUT2D eigenvalue weighted by Crippen LogP contribution is -2.47. The zero-order valence-corrected chi connectivity index (χ0v) is 19.4. The van der Waals surface area contributed by atoms with Crippen LogP contribution < -0.4 is 0 Å². The van der Waals surface area contributed by atoms with Crippen LogP contribution >= 0.6 is 0 Å². The van der Waals surface area contributed by atoms with E-state index in [2.05, 4.69) is 52.4 Å². The highest BCUT2D eigenvalue weighted by Gasteiger charge is 2.42. The second-order valence-electron chi connectivity index (χ2n) is 9.14. The van der Waals surface area contributed by atoms with Gasteiger partial charge in [-0.25, -0.2) is 0 Å². The normalized spacial score (nSPS) is 16.6. The van der Waals surface area contributed by atoms with Crippen LogP contribution in [-0.2, 0) is 4.12 Å². The van der Waals surface area contributed by atoms with Gasteiger partial charge in [0.2, 0.25) is 0 Å². The molecule has 1 nitrogen and oxygen atoms in total. The molecule has 0 radical (unpaired) electrons. The molecule has 0 amide bonds. The summed E-state index contributed by atoms with van der Waals surface area (Å²) in [5.41, 5.74) is 3.52. The maximum Gasteiger partial charge on any atom is 0.389 e. The van der Waals surface area contributed by atoms with Crippen LogP contribution in [0.4, 0.5) is 13.2 Å². The van der Waals surface area contributed by atoms with Gasteiger partial charge >= 0.3 is 6.18 Å². The van der Waals surface area contributed by atoms with E-state index in [1.807, 2.05) is 18.3 Å². The van der Waals surface area contributed by atoms with Crippen LogP contribution in [0.25, 0.3) is 0 Å². The molecule has 1 unspecified atom stereocenters. The van der Waals surface area contributed by atoms with Crippen molar-refractivity contribution in [1.29, 1.82) is 0 Å². The Balaban J connectivity index is 5.38. The lowest BCUT2D eigenvalue weighted by atomic mass is 9.89. The van der Waals surface area contributed by atoms with Crippen LogP contribution in [0.2, 0.25) is 51.4 Å². The Bertz CT molecular complexity index is 445. The summed E-state index contributed by atoms with van der Waals surface area (Å²) >= 11 is 0. The summed E-state index contributed by atoms with van der Waals surface area (Å²) in [6.45, 7) is 22.5. The molecule has 0 aliphatic heterocycles. The van der Waals surface area contributed by atoms with E-state index in [9.17, 15) is 13.2 Å². The summed E-state index contributed by atoms with van der Waals surface area (Å²) < 4.78 is 44.9. The number of hydrogen-bond donors (Lipinski definition) is 0. The van der Waals surface area contributed by atoms with E-state index < -0.39 is 37.3 Å². The third-order valence-corrected chi connectivity index (χ3v) is 14.2. The summed E-state index contributed by atoms with van der Waals surface area (Å²) in [5, 5.41) is 0. The molecule has 0 aliphatic rings. The Kier molecular flexibility index (Phi) is 8.01. The molecule has 0 aromatic carbocycles. The van der Waals surface area contributed by atoms with Crippen LogP contribution in [-0.4, -0.2) is 30.9 Å². The lowest BCUT2D eigenvalue weighted by molar-refractivity contribution is -0.139. The van der Waals surface area contributed by atoms with Crippen LogP contribution in [0.5, 0.6) is 0 Å². The van der Waals surface area contributed by atoms with Crippen molar-refractivity contribution >= 4 is 24.7 Å². The summed E-state index contributed by atoms with van der Waals surface area (Å²) in [5.74, 6) is 0. The quantitative estimate of drug-likeness (QED) is 0.364. The van der Waals surface area contributed by atoms with Gasteiger partial charge in [0.25, 0.3) is 0 Å². The smallest absolute Gasteiger partial charge is 0.389 e. The average Bonchev–Trinajstić information content (AvgIpc) is 2.33. The molecule has 0 aliphatic carbocycles. The van der Waals surface area contributed by atoms with E-state index in [1.165, 1.54) is 0 Å². The zero-order valence-electron chi connectivity index (χ0n) is 16.4. The van der Waals surface area contributed by atoms with Crippen LogP contribution in [0, 0.1) is 5.41 Å². The van der Waals surface area contributed by atoms with Gasteiger partial charge in [0.15, 0.2) is 16.6 Å². The fourth-order valence-electron chi connectivity index (χ4n) is 3.67. The SMILES string of the molecule is C=C[Si](C)(C)CC(C)(CCC(F)(F)F)C[Si](C)(C)O[Si](C)(C)C=C. The highest BCUT2D eigenvalue weighted by Crippen LogP contribution is 2.44. The second kappa shape index (κ2) is 8.05. The lowest BCUT2D eigenvalue weighted by Gasteiger charge is -2.42. The predicted molar refractivity (Wildman–Crippen MR) is 107 cm³/mol. The minimum absolute atomic E-state index is 0.163. The number of rotatable bonds is 10. The minimum atomic E-state index is -4.11. The Morgan fingerprint density at radius 3 is 1.75 bits per heavy atom. The molecule has 24 heavy (non-hydrogen) atoms. The zero-order chi connectivity index (χ0) is 19.4. The van der Waals surface area contributed by atoms with E-state index >= 15 is 0 Å². The van der Waals surface area contributed by atoms with E-state index in [0.717, 1.165) is 12.1 Å². The van der Waals surface area contributed by atoms with Gasteiger partial charge in [0.1, 0.15) is 0 Å². The van der Waals surface area contributed by atoms with E-state index in [4.69, 9.17) is 4.12 Å². The standard InChI is InChI=1S/C17H35F3OSi3/c1-10-22(4,5)14-16(3,12-13-17(18,19)20)15-24(8,9)21-23(6,7)11-2/h10-11H,1-2,12-15H2,3-9H3. The Labute approximate surface area is 149 Å². The van der Waals surface area contributed by atoms with Crippen molar-refractivity contribution in [2.24, 2.45) is 5.41 Å². The average molecular weight is 397 g/mol. The van der Waals surface area contributed by atoms with Gasteiger partial charge in [0.05, 0.1) is 8.07 Å². The van der Waals surface area contributed by atoms with Gasteiger partial charge < -0.3 is 4.12 Å². The molecule has 0 N–H and O–H groups in total. The molecule has 0 rings (SSSR count). The maximum absolute atomic E-state index is 12.8. The third-order valence-electron chi connectivity index (χ3n) is 4.33. The first-order valence-corrected chi connectivity index (χ1v) is 17.9. The van der Waals surface area contributed by atoms with Gasteiger partial charge in [-0.15, -0.1) is 18.9 Å². The number of hydrogen-bond acceptors (Lipinski definition) is 1. The minimum Gasteiger partial charge on any atom is -0.453 e. The van der Waals surface area contributed by atoms with E-state index in [1.54, 1.807) is 0 Å². The van der Waals surface area contributed by atoms with Crippen molar-refractivity contribution in [3.05, 3.63) is 24.6 Å². The molecule has 142 valence electrons. The molecule has 0 saturated carbocycles. The van der Waals surface area contributed by atoms with E-state index in [-0.39, 0.29) is 11.8 Å². The van der Waals surface area contributed by atoms with Crippen molar-refractivity contribution in [2.75, 3.05) is 0 Å². The van der Waals surface area contributed by atoms with Crippen molar-refractivity contribution in [3.8, 4) is 0 Å². The highest BCUT2D eigenvalue weighted by atomic mass is 28.4. The molecule has 0 spiro atoms. The second-order valence-corrected chi connectivity index (χ2v) is 22.2. The molecular weight excluding hydrogens is 361 g/mol. The van der Waals surface area contributed by atoms with Gasteiger partial charge in [-0.1, -0.05) is 25.7 Å². The Hall–Kier alpha value is -0.119. The van der Waals surface area contributed by atoms with Crippen molar-refractivity contribution in [2.45, 2.75) is 77.3 Å². The molecule has 0 aromatic rings. The van der Waals surface area contributed by atoms with Gasteiger partial charge in [0, 0.05) is 6.42 Å². The number of halogens is 3. The van der Waals surface area contributed by atoms with Crippen LogP contribution in [0.15, 0.2) is 24.6 Å². The molecule has 0 fully saturated rings. The fourth-order valence-corrected chi connectivity index (χ4v) is 15.2. The van der Waals surface area contributed by atoms with E-state index in [0.29, 0.717) is 0 Å². The van der Waals surface area contributed by atoms with Gasteiger partial charge in [-0.05, 0) is 50.1 Å². The first kappa shape index (κ1) is 23.9. The Morgan fingerprint density at radius 2 is 1.38 bits per heavy atom. The monoisotopic (exact) mass is 396 g/mol. The molecule has 7 heteroatoms. The topological polar surface area (TPSA) is 9.23 Å². The Morgan fingerprint density at radius 1 is 0.875 bits per heavy atom. The third kappa shape index (κ3) is 10.0. The molecule has 0 saturated heterocycles. The summed E-state index contributed by atoms with van der Waals surface area (Å²) in [4.78, 5) is 0. The summed E-state index contributed by atoms with van der Waals surface area (Å²) in [7, 11) is -5.76. The summed E-state index contributed by atoms with van der Waals surface area (Å²) in [6, 6.07) is 1.56. The van der Waals surface area contributed by atoms with Crippen molar-refractivity contribution in [3.63, 3.8) is 0 Å². The first-order valence-electron chi connectivity index (χ1n) is 8.49.